The van der Waals surface area contributed by atoms with Crippen LogP contribution in [0.5, 0.6) is 0 Å². The Labute approximate surface area is 124 Å². The highest BCUT2D eigenvalue weighted by atomic mass is 32.1. The van der Waals surface area contributed by atoms with Crippen molar-refractivity contribution in [3.05, 3.63) is 42.5 Å². The number of rotatable bonds is 6. The summed E-state index contributed by atoms with van der Waals surface area (Å²) in [4.78, 5) is 12.8. The average molecular weight is 283 g/mol. The van der Waals surface area contributed by atoms with Crippen molar-refractivity contribution in [3.8, 4) is 11.1 Å². The molecular formula is C16H17N3S. The van der Waals surface area contributed by atoms with Crippen molar-refractivity contribution in [2.75, 3.05) is 0 Å². The van der Waals surface area contributed by atoms with E-state index in [-0.39, 0.29) is 0 Å². The predicted molar refractivity (Wildman–Crippen MR) is 85.4 cm³/mol. The molecule has 4 heteroatoms. The molecule has 0 bridgehead atoms. The lowest BCUT2D eigenvalue weighted by Crippen LogP contribution is -1.95. The van der Waals surface area contributed by atoms with Gasteiger partial charge in [-0.3, -0.25) is 0 Å². The minimum absolute atomic E-state index is 0.806. The Morgan fingerprint density at radius 1 is 1.05 bits per heavy atom. The number of aryl methyl sites for hydroxylation is 1. The van der Waals surface area contributed by atoms with Gasteiger partial charge in [-0.15, -0.1) is 0 Å². The summed E-state index contributed by atoms with van der Waals surface area (Å²) < 4.78 is 0. The van der Waals surface area contributed by atoms with E-state index in [0.29, 0.717) is 0 Å². The zero-order valence-corrected chi connectivity index (χ0v) is 12.4. The molecule has 0 N–H and O–H groups in total. The number of hydrogen-bond donors (Lipinski definition) is 0. The van der Waals surface area contributed by atoms with Gasteiger partial charge in [0.2, 0.25) is 0 Å². The van der Waals surface area contributed by atoms with Crippen LogP contribution >= 0.6 is 12.2 Å². The Kier molecular flexibility index (Phi) is 5.54. The highest BCUT2D eigenvalue weighted by Gasteiger charge is 2.01. The summed E-state index contributed by atoms with van der Waals surface area (Å²) in [5.41, 5.74) is 2.90. The maximum absolute atomic E-state index is 4.58. The molecule has 0 aliphatic heterocycles. The number of aliphatic imine (C=N–C) groups is 1. The molecule has 0 amide bonds. The molecule has 0 aliphatic carbocycles. The van der Waals surface area contributed by atoms with Gasteiger partial charge in [0.1, 0.15) is 5.82 Å². The van der Waals surface area contributed by atoms with E-state index in [1.54, 1.807) is 0 Å². The summed E-state index contributed by atoms with van der Waals surface area (Å²) >= 11 is 4.58. The monoisotopic (exact) mass is 283 g/mol. The van der Waals surface area contributed by atoms with E-state index in [9.17, 15) is 0 Å². The fourth-order valence-electron chi connectivity index (χ4n) is 1.95. The van der Waals surface area contributed by atoms with Gasteiger partial charge in [-0.05, 0) is 36.3 Å². The predicted octanol–water partition coefficient (Wildman–Crippen LogP) is 4.61. The van der Waals surface area contributed by atoms with Crippen molar-refractivity contribution < 1.29 is 0 Å². The quantitative estimate of drug-likeness (QED) is 0.441. The Morgan fingerprint density at radius 3 is 2.35 bits per heavy atom. The normalized spacial score (nSPS) is 10.1. The van der Waals surface area contributed by atoms with Gasteiger partial charge in [-0.2, -0.15) is 4.99 Å². The second-order valence-corrected chi connectivity index (χ2v) is 4.78. The second-order valence-electron chi connectivity index (χ2n) is 4.60. The molecule has 1 aromatic heterocycles. The molecule has 0 fully saturated rings. The SMILES string of the molecule is CCCCCc1ncc(-c2ccc(N=C=S)cc2)cn1. The summed E-state index contributed by atoms with van der Waals surface area (Å²) in [6.07, 6.45) is 8.32. The minimum Gasteiger partial charge on any atom is -0.241 e. The van der Waals surface area contributed by atoms with Crippen LogP contribution in [0.4, 0.5) is 5.69 Å². The maximum atomic E-state index is 4.58. The third kappa shape index (κ3) is 4.05. The minimum atomic E-state index is 0.806. The standard InChI is InChI=1S/C16H17N3S/c1-2-3-4-5-16-17-10-14(11-18-16)13-6-8-15(9-7-13)19-12-20/h6-11H,2-5H2,1H3. The zero-order chi connectivity index (χ0) is 14.2. The molecule has 0 spiro atoms. The number of benzene rings is 1. The number of isothiocyanates is 1. The first kappa shape index (κ1) is 14.5. The summed E-state index contributed by atoms with van der Waals surface area (Å²) in [6, 6.07) is 7.79. The van der Waals surface area contributed by atoms with Gasteiger partial charge in [-0.25, -0.2) is 9.97 Å². The van der Waals surface area contributed by atoms with E-state index in [1.807, 2.05) is 36.7 Å². The molecule has 0 saturated heterocycles. The van der Waals surface area contributed by atoms with Crippen molar-refractivity contribution >= 4 is 23.1 Å². The van der Waals surface area contributed by atoms with Gasteiger partial charge in [0, 0.05) is 24.4 Å². The molecule has 0 atom stereocenters. The first-order chi connectivity index (χ1) is 9.83. The van der Waals surface area contributed by atoms with Crippen LogP contribution in [0.1, 0.15) is 32.0 Å². The molecule has 102 valence electrons. The van der Waals surface area contributed by atoms with Crippen LogP contribution in [-0.4, -0.2) is 15.1 Å². The van der Waals surface area contributed by atoms with Gasteiger partial charge in [0.15, 0.2) is 0 Å². The Hall–Kier alpha value is -1.90. The third-order valence-corrected chi connectivity index (χ3v) is 3.18. The molecule has 3 nitrogen and oxygen atoms in total. The summed E-state index contributed by atoms with van der Waals surface area (Å²) in [5, 5.41) is 2.36. The molecule has 0 saturated carbocycles. The molecule has 1 heterocycles. The number of aromatic nitrogens is 2. The van der Waals surface area contributed by atoms with Crippen molar-refractivity contribution in [1.29, 1.82) is 0 Å². The van der Waals surface area contributed by atoms with E-state index >= 15 is 0 Å². The third-order valence-electron chi connectivity index (χ3n) is 3.08. The number of hydrogen-bond acceptors (Lipinski definition) is 4. The van der Waals surface area contributed by atoms with Crippen molar-refractivity contribution in [2.45, 2.75) is 32.6 Å². The van der Waals surface area contributed by atoms with E-state index < -0.39 is 0 Å². The van der Waals surface area contributed by atoms with Crippen molar-refractivity contribution in [2.24, 2.45) is 4.99 Å². The first-order valence-corrected chi connectivity index (χ1v) is 7.23. The largest absolute Gasteiger partial charge is 0.241 e. The molecular weight excluding hydrogens is 266 g/mol. The average Bonchev–Trinajstić information content (AvgIpc) is 2.49. The smallest absolute Gasteiger partial charge is 0.128 e. The van der Waals surface area contributed by atoms with Crippen LogP contribution in [0.2, 0.25) is 0 Å². The number of nitrogens with zero attached hydrogens (tertiary/aromatic N) is 3. The van der Waals surface area contributed by atoms with Gasteiger partial charge >= 0.3 is 0 Å². The van der Waals surface area contributed by atoms with Gasteiger partial charge in [0.05, 0.1) is 10.8 Å². The van der Waals surface area contributed by atoms with E-state index in [1.165, 1.54) is 12.8 Å². The molecule has 2 aromatic rings. The highest BCUT2D eigenvalue weighted by molar-refractivity contribution is 7.78. The Balaban J connectivity index is 2.07. The van der Waals surface area contributed by atoms with Crippen molar-refractivity contribution in [3.63, 3.8) is 0 Å². The summed E-state index contributed by atoms with van der Waals surface area (Å²) in [6.45, 7) is 2.20. The number of thiocarbonyl (C=S) groups is 1. The van der Waals surface area contributed by atoms with Gasteiger partial charge in [0.25, 0.3) is 0 Å². The Bertz CT molecular complexity index is 584. The topological polar surface area (TPSA) is 38.1 Å². The molecule has 20 heavy (non-hydrogen) atoms. The fourth-order valence-corrected chi connectivity index (χ4v) is 2.05. The lowest BCUT2D eigenvalue weighted by molar-refractivity contribution is 0.693. The lowest BCUT2D eigenvalue weighted by Gasteiger charge is -2.03. The van der Waals surface area contributed by atoms with E-state index in [4.69, 9.17) is 0 Å². The van der Waals surface area contributed by atoms with Crippen LogP contribution in [0.15, 0.2) is 41.7 Å². The maximum Gasteiger partial charge on any atom is 0.128 e. The zero-order valence-electron chi connectivity index (χ0n) is 11.5. The van der Waals surface area contributed by atoms with Crippen LogP contribution in [0.3, 0.4) is 0 Å². The molecule has 2 rings (SSSR count). The van der Waals surface area contributed by atoms with Crippen LogP contribution < -0.4 is 0 Å². The van der Waals surface area contributed by atoms with Crippen molar-refractivity contribution in [1.82, 2.24) is 9.97 Å². The molecule has 0 aliphatic rings. The second kappa shape index (κ2) is 7.63. The first-order valence-electron chi connectivity index (χ1n) is 6.82. The van der Waals surface area contributed by atoms with Gasteiger partial charge < -0.3 is 0 Å². The van der Waals surface area contributed by atoms with E-state index in [0.717, 1.165) is 35.5 Å². The summed E-state index contributed by atoms with van der Waals surface area (Å²) in [5.74, 6) is 0.920. The number of unbranched alkanes of at least 4 members (excludes halogenated alkanes) is 2. The van der Waals surface area contributed by atoms with Crippen LogP contribution in [-0.2, 0) is 6.42 Å². The fraction of sp³-hybridized carbons (Fsp3) is 0.312. The van der Waals surface area contributed by atoms with Gasteiger partial charge in [-0.1, -0.05) is 31.9 Å². The Morgan fingerprint density at radius 2 is 1.75 bits per heavy atom. The van der Waals surface area contributed by atoms with Crippen LogP contribution in [0.25, 0.3) is 11.1 Å². The highest BCUT2D eigenvalue weighted by Crippen LogP contribution is 2.21. The molecule has 1 aromatic carbocycles. The van der Waals surface area contributed by atoms with Crippen LogP contribution in [0, 0.1) is 0 Å². The lowest BCUT2D eigenvalue weighted by atomic mass is 10.1. The van der Waals surface area contributed by atoms with E-state index in [2.05, 4.69) is 39.3 Å². The molecule has 0 radical (unpaired) electrons. The summed E-state index contributed by atoms with van der Waals surface area (Å²) in [7, 11) is 0. The molecule has 0 unspecified atom stereocenters.